The fraction of sp³-hybridized carbons (Fsp3) is 0.316. The summed E-state index contributed by atoms with van der Waals surface area (Å²) < 4.78 is 32.7. The number of likely N-dealkylation sites (N-methyl/N-ethyl adjacent to an activating group) is 1. The van der Waals surface area contributed by atoms with E-state index in [1.54, 1.807) is 7.05 Å². The fourth-order valence-electron chi connectivity index (χ4n) is 2.52. The number of nitrogens with zero attached hydrogens (tertiary/aromatic N) is 3. The maximum Gasteiger partial charge on any atom is 0.270 e. The van der Waals surface area contributed by atoms with E-state index >= 15 is 0 Å². The molecule has 2 aromatic rings. The largest absolute Gasteiger partial charge is 0.492 e. The summed E-state index contributed by atoms with van der Waals surface area (Å²) in [4.78, 5) is 16.0. The van der Waals surface area contributed by atoms with Crippen molar-refractivity contribution in [2.75, 3.05) is 40.3 Å². The molecule has 0 heterocycles. The Morgan fingerprint density at radius 2 is 1.90 bits per heavy atom. The van der Waals surface area contributed by atoms with Gasteiger partial charge in [-0.05, 0) is 18.2 Å². The first-order valence-electron chi connectivity index (χ1n) is 9.17. The lowest BCUT2D eigenvalue weighted by Gasteiger charge is -2.22. The summed E-state index contributed by atoms with van der Waals surface area (Å²) in [5.74, 6) is 1.37. The third kappa shape index (κ3) is 7.01. The van der Waals surface area contributed by atoms with Gasteiger partial charge >= 0.3 is 0 Å². The molecule has 10 nitrogen and oxygen atoms in total. The van der Waals surface area contributed by atoms with Crippen LogP contribution in [0.2, 0.25) is 0 Å². The first-order chi connectivity index (χ1) is 14.3. The van der Waals surface area contributed by atoms with Crippen LogP contribution in [0.25, 0.3) is 0 Å². The van der Waals surface area contributed by atoms with E-state index in [1.165, 1.54) is 18.2 Å². The van der Waals surface area contributed by atoms with Crippen molar-refractivity contribution in [1.29, 1.82) is 0 Å². The molecule has 11 heteroatoms. The highest BCUT2D eigenvalue weighted by molar-refractivity contribution is 7.89. The zero-order valence-electron chi connectivity index (χ0n) is 16.8. The van der Waals surface area contributed by atoms with Crippen molar-refractivity contribution in [2.24, 2.45) is 4.99 Å². The molecule has 0 saturated heterocycles. The number of hydrogen-bond acceptors (Lipinski definition) is 6. The number of guanidine groups is 1. The predicted octanol–water partition coefficient (Wildman–Crippen LogP) is 1.46. The molecule has 2 aromatic carbocycles. The highest BCUT2D eigenvalue weighted by Crippen LogP contribution is 2.16. The topological polar surface area (TPSA) is 126 Å². The fourth-order valence-corrected chi connectivity index (χ4v) is 3.59. The summed E-state index contributed by atoms with van der Waals surface area (Å²) >= 11 is 0. The van der Waals surface area contributed by atoms with Crippen molar-refractivity contribution in [1.82, 2.24) is 14.9 Å². The van der Waals surface area contributed by atoms with Crippen LogP contribution in [0.5, 0.6) is 5.75 Å². The Labute approximate surface area is 175 Å². The Kier molecular flexibility index (Phi) is 8.56. The zero-order valence-corrected chi connectivity index (χ0v) is 17.6. The van der Waals surface area contributed by atoms with E-state index in [2.05, 4.69) is 15.0 Å². The number of non-ortho nitro benzene ring substituents is 1. The van der Waals surface area contributed by atoms with Gasteiger partial charge in [0.05, 0.1) is 16.4 Å². The number of nitro groups is 1. The first-order valence-corrected chi connectivity index (χ1v) is 10.7. The van der Waals surface area contributed by atoms with Crippen molar-refractivity contribution in [3.05, 3.63) is 64.7 Å². The molecular weight excluding hydrogens is 410 g/mol. The molecule has 0 atom stereocenters. The van der Waals surface area contributed by atoms with Crippen LogP contribution in [0, 0.1) is 10.1 Å². The van der Waals surface area contributed by atoms with E-state index in [1.807, 2.05) is 42.3 Å². The number of ether oxygens (including phenoxy) is 1. The molecule has 162 valence electrons. The minimum atomic E-state index is -3.85. The van der Waals surface area contributed by atoms with Gasteiger partial charge in [0.25, 0.3) is 5.69 Å². The molecule has 0 aliphatic heterocycles. The van der Waals surface area contributed by atoms with E-state index in [0.717, 1.165) is 11.8 Å². The van der Waals surface area contributed by atoms with Crippen LogP contribution in [0.3, 0.4) is 0 Å². The van der Waals surface area contributed by atoms with Gasteiger partial charge in [0.15, 0.2) is 5.96 Å². The number of hydrogen-bond donors (Lipinski definition) is 2. The van der Waals surface area contributed by atoms with Crippen molar-refractivity contribution in [2.45, 2.75) is 4.90 Å². The van der Waals surface area contributed by atoms with Crippen molar-refractivity contribution in [3.8, 4) is 5.75 Å². The molecule has 30 heavy (non-hydrogen) atoms. The van der Waals surface area contributed by atoms with Crippen molar-refractivity contribution in [3.63, 3.8) is 0 Å². The lowest BCUT2D eigenvalue weighted by molar-refractivity contribution is -0.385. The maximum atomic E-state index is 12.3. The van der Waals surface area contributed by atoms with Crippen LogP contribution in [0.1, 0.15) is 0 Å². The lowest BCUT2D eigenvalue weighted by atomic mass is 10.3. The van der Waals surface area contributed by atoms with E-state index in [4.69, 9.17) is 4.74 Å². The van der Waals surface area contributed by atoms with Gasteiger partial charge in [0.2, 0.25) is 10.0 Å². The number of aliphatic imine (C=N–C) groups is 1. The van der Waals surface area contributed by atoms with Gasteiger partial charge in [0, 0.05) is 39.3 Å². The van der Waals surface area contributed by atoms with Crippen LogP contribution in [0.15, 0.2) is 64.5 Å². The summed E-state index contributed by atoms with van der Waals surface area (Å²) in [6, 6.07) is 14.4. The van der Waals surface area contributed by atoms with Crippen LogP contribution in [-0.4, -0.2) is 64.5 Å². The molecule has 0 aromatic heterocycles. The number of nitrogens with one attached hydrogen (secondary N) is 2. The Hall–Kier alpha value is -3.18. The molecule has 0 aliphatic rings. The monoisotopic (exact) mass is 435 g/mol. The average Bonchev–Trinajstić information content (AvgIpc) is 2.74. The molecule has 0 radical (unpaired) electrons. The summed E-state index contributed by atoms with van der Waals surface area (Å²) in [7, 11) is -0.381. The van der Waals surface area contributed by atoms with Gasteiger partial charge in [-0.1, -0.05) is 24.3 Å². The van der Waals surface area contributed by atoms with Gasteiger partial charge in [0.1, 0.15) is 12.4 Å². The molecule has 0 saturated carbocycles. The van der Waals surface area contributed by atoms with Crippen LogP contribution in [-0.2, 0) is 10.0 Å². The lowest BCUT2D eigenvalue weighted by Crippen LogP contribution is -2.43. The van der Waals surface area contributed by atoms with Gasteiger partial charge in [-0.3, -0.25) is 15.1 Å². The third-order valence-electron chi connectivity index (χ3n) is 4.05. The van der Waals surface area contributed by atoms with Gasteiger partial charge in [-0.15, -0.1) is 0 Å². The normalized spacial score (nSPS) is 11.7. The molecule has 0 bridgehead atoms. The quantitative estimate of drug-likeness (QED) is 0.190. The van der Waals surface area contributed by atoms with E-state index in [9.17, 15) is 18.5 Å². The number of nitro benzene ring substituents is 1. The van der Waals surface area contributed by atoms with Gasteiger partial charge in [-0.2, -0.15) is 0 Å². The molecule has 2 rings (SSSR count). The second-order valence-electron chi connectivity index (χ2n) is 6.21. The SMILES string of the molecule is CN=C(NCCNS(=O)(=O)c1cccc([N+](=O)[O-])c1)N(C)CCOc1ccccc1. The number of sulfonamides is 1. The molecule has 0 aliphatic carbocycles. The van der Waals surface area contributed by atoms with Gasteiger partial charge in [-0.25, -0.2) is 13.1 Å². The summed E-state index contributed by atoms with van der Waals surface area (Å²) in [5.41, 5.74) is -0.282. The summed E-state index contributed by atoms with van der Waals surface area (Å²) in [6.07, 6.45) is 0. The highest BCUT2D eigenvalue weighted by atomic mass is 32.2. The minimum Gasteiger partial charge on any atom is -0.492 e. The Morgan fingerprint density at radius 3 is 2.57 bits per heavy atom. The van der Waals surface area contributed by atoms with E-state index < -0.39 is 14.9 Å². The Balaban J connectivity index is 1.78. The molecular formula is C19H25N5O5S. The Morgan fingerprint density at radius 1 is 1.17 bits per heavy atom. The van der Waals surface area contributed by atoms with Gasteiger partial charge < -0.3 is 15.0 Å². The zero-order chi connectivity index (χ0) is 22.0. The second-order valence-corrected chi connectivity index (χ2v) is 7.98. The standard InChI is InChI=1S/C19H25N5O5S/c1-20-19(23(2)13-14-29-17-8-4-3-5-9-17)21-11-12-22-30(27,28)18-10-6-7-16(15-18)24(25)26/h3-10,15,22H,11-14H2,1-2H3,(H,20,21). The van der Waals surface area contributed by atoms with Crippen molar-refractivity contribution >= 4 is 21.7 Å². The maximum absolute atomic E-state index is 12.3. The second kappa shape index (κ2) is 11.1. The average molecular weight is 436 g/mol. The molecule has 0 unspecified atom stereocenters. The number of rotatable bonds is 10. The summed E-state index contributed by atoms with van der Waals surface area (Å²) in [6.45, 7) is 1.40. The van der Waals surface area contributed by atoms with Crippen LogP contribution in [0.4, 0.5) is 5.69 Å². The van der Waals surface area contributed by atoms with E-state index in [-0.39, 0.29) is 23.7 Å². The smallest absolute Gasteiger partial charge is 0.270 e. The third-order valence-corrected chi connectivity index (χ3v) is 5.51. The van der Waals surface area contributed by atoms with Crippen LogP contribution >= 0.6 is 0 Å². The molecule has 0 fully saturated rings. The highest BCUT2D eigenvalue weighted by Gasteiger charge is 2.17. The number of benzene rings is 2. The first kappa shape index (κ1) is 23.1. The minimum absolute atomic E-state index is 0.0817. The van der Waals surface area contributed by atoms with E-state index in [0.29, 0.717) is 19.1 Å². The molecule has 0 amide bonds. The van der Waals surface area contributed by atoms with Crippen LogP contribution < -0.4 is 14.8 Å². The summed E-state index contributed by atoms with van der Waals surface area (Å²) in [5, 5.41) is 13.9. The van der Waals surface area contributed by atoms with Crippen molar-refractivity contribution < 1.29 is 18.1 Å². The number of para-hydroxylation sites is 1. The Bertz CT molecular complexity index is 966. The molecule has 2 N–H and O–H groups in total. The molecule has 0 spiro atoms. The predicted molar refractivity (Wildman–Crippen MR) is 114 cm³/mol.